The predicted molar refractivity (Wildman–Crippen MR) is 85.8 cm³/mol. The lowest BCUT2D eigenvalue weighted by Crippen LogP contribution is -2.70. The summed E-state index contributed by atoms with van der Waals surface area (Å²) in [5.74, 6) is 2.50. The van der Waals surface area contributed by atoms with E-state index in [1.54, 1.807) is 0 Å². The van der Waals surface area contributed by atoms with Gasteiger partial charge in [-0.25, -0.2) is 0 Å². The molecular weight excluding hydrogens is 254 g/mol. The molecule has 2 heterocycles. The molecule has 19 heavy (non-hydrogen) atoms. The molecule has 3 nitrogen and oxygen atoms in total. The summed E-state index contributed by atoms with van der Waals surface area (Å²) in [7, 11) is 2.27. The first-order valence-electron chi connectivity index (χ1n) is 7.70. The summed E-state index contributed by atoms with van der Waals surface area (Å²) in [5.41, 5.74) is 6.83. The third-order valence-electron chi connectivity index (χ3n) is 5.66. The average molecular weight is 286 g/mol. The van der Waals surface area contributed by atoms with Crippen LogP contribution in [0.1, 0.15) is 33.6 Å². The summed E-state index contributed by atoms with van der Waals surface area (Å²) in [5, 5.41) is 0. The molecule has 0 aliphatic carbocycles. The third-order valence-corrected chi connectivity index (χ3v) is 6.84. The van der Waals surface area contributed by atoms with Crippen molar-refractivity contribution >= 4 is 11.8 Å². The van der Waals surface area contributed by atoms with Crippen molar-refractivity contribution in [1.82, 2.24) is 9.80 Å². The van der Waals surface area contributed by atoms with Crippen molar-refractivity contribution in [3.05, 3.63) is 0 Å². The van der Waals surface area contributed by atoms with Gasteiger partial charge in [-0.2, -0.15) is 11.8 Å². The molecule has 2 rings (SSSR count). The summed E-state index contributed by atoms with van der Waals surface area (Å²) < 4.78 is 0. The van der Waals surface area contributed by atoms with Gasteiger partial charge < -0.3 is 10.6 Å². The molecule has 0 bridgehead atoms. The Bertz CT molecular complexity index is 308. The summed E-state index contributed by atoms with van der Waals surface area (Å²) in [6.07, 6.45) is 2.53. The second-order valence-corrected chi connectivity index (χ2v) is 8.02. The highest BCUT2D eigenvalue weighted by Crippen LogP contribution is 2.46. The molecular formula is C15H31N3S. The van der Waals surface area contributed by atoms with E-state index in [0.29, 0.717) is 11.5 Å². The molecule has 2 aliphatic heterocycles. The van der Waals surface area contributed by atoms with Crippen molar-refractivity contribution in [3.63, 3.8) is 0 Å². The number of nitrogens with two attached hydrogens (primary N) is 1. The van der Waals surface area contributed by atoms with Crippen molar-refractivity contribution in [3.8, 4) is 0 Å². The topological polar surface area (TPSA) is 32.5 Å². The first-order chi connectivity index (χ1) is 8.97. The molecule has 0 saturated carbocycles. The van der Waals surface area contributed by atoms with Crippen LogP contribution in [-0.2, 0) is 0 Å². The van der Waals surface area contributed by atoms with Crippen LogP contribution >= 0.6 is 11.8 Å². The molecule has 2 atom stereocenters. The van der Waals surface area contributed by atoms with Crippen LogP contribution in [0, 0.1) is 5.41 Å². The molecule has 0 aromatic rings. The third kappa shape index (κ3) is 2.69. The van der Waals surface area contributed by atoms with Crippen LogP contribution < -0.4 is 5.73 Å². The highest BCUT2D eigenvalue weighted by Gasteiger charge is 2.51. The number of nitrogens with zero attached hydrogens (tertiary/aromatic N) is 2. The fourth-order valence-electron chi connectivity index (χ4n) is 3.76. The predicted octanol–water partition coefficient (Wildman–Crippen LogP) is 1.87. The van der Waals surface area contributed by atoms with Gasteiger partial charge in [0, 0.05) is 43.5 Å². The fraction of sp³-hybridized carbons (Fsp3) is 1.00. The zero-order valence-electron chi connectivity index (χ0n) is 13.1. The number of thioether (sulfide) groups is 1. The Balaban J connectivity index is 2.21. The van der Waals surface area contributed by atoms with Gasteiger partial charge in [0.25, 0.3) is 0 Å². The zero-order chi connectivity index (χ0) is 14.1. The second kappa shape index (κ2) is 5.92. The van der Waals surface area contributed by atoms with Crippen molar-refractivity contribution in [2.24, 2.45) is 11.1 Å². The van der Waals surface area contributed by atoms with Crippen molar-refractivity contribution in [2.45, 2.75) is 45.2 Å². The molecule has 2 unspecified atom stereocenters. The van der Waals surface area contributed by atoms with Gasteiger partial charge in [0.2, 0.25) is 0 Å². The number of likely N-dealkylation sites (N-methyl/N-ethyl adjacent to an activating group) is 1. The van der Waals surface area contributed by atoms with Gasteiger partial charge in [0.1, 0.15) is 0 Å². The molecule has 112 valence electrons. The Labute approximate surface area is 123 Å². The van der Waals surface area contributed by atoms with E-state index in [1.807, 2.05) is 0 Å². The van der Waals surface area contributed by atoms with Gasteiger partial charge in [0.15, 0.2) is 0 Å². The molecule has 2 N–H and O–H groups in total. The van der Waals surface area contributed by atoms with E-state index < -0.39 is 0 Å². The van der Waals surface area contributed by atoms with Crippen molar-refractivity contribution < 1.29 is 0 Å². The Morgan fingerprint density at radius 3 is 2.63 bits per heavy atom. The minimum Gasteiger partial charge on any atom is -0.329 e. The first kappa shape index (κ1) is 15.6. The lowest BCUT2D eigenvalue weighted by molar-refractivity contribution is -0.0425. The molecule has 2 saturated heterocycles. The lowest BCUT2D eigenvalue weighted by atomic mass is 9.69. The first-order valence-corrected chi connectivity index (χ1v) is 8.85. The van der Waals surface area contributed by atoms with Gasteiger partial charge in [0.05, 0.1) is 0 Å². The van der Waals surface area contributed by atoms with E-state index in [-0.39, 0.29) is 5.54 Å². The Hall–Kier alpha value is 0.230. The molecule has 4 heteroatoms. The quantitative estimate of drug-likeness (QED) is 0.858. The molecule has 0 spiro atoms. The Morgan fingerprint density at radius 2 is 2.05 bits per heavy atom. The molecule has 0 aromatic heterocycles. The maximum absolute atomic E-state index is 6.30. The van der Waals surface area contributed by atoms with Crippen LogP contribution in [0.5, 0.6) is 0 Å². The molecule has 0 amide bonds. The maximum atomic E-state index is 6.30. The van der Waals surface area contributed by atoms with Gasteiger partial charge in [-0.05, 0) is 31.1 Å². The maximum Gasteiger partial charge on any atom is 0.0474 e. The van der Waals surface area contributed by atoms with Crippen LogP contribution in [0.25, 0.3) is 0 Å². The number of rotatable bonds is 3. The molecule has 2 fully saturated rings. The standard InChI is InChI=1S/C15H31N3S/c1-5-13-10-18(8-7-17(13)4)15(11-16)12-19-9-6-14(15,2)3/h13H,5-12,16H2,1-4H3. The van der Waals surface area contributed by atoms with Crippen molar-refractivity contribution in [1.29, 1.82) is 0 Å². The summed E-state index contributed by atoms with van der Waals surface area (Å²) in [6, 6.07) is 0.694. The van der Waals surface area contributed by atoms with E-state index in [9.17, 15) is 0 Å². The highest BCUT2D eigenvalue weighted by atomic mass is 32.2. The van der Waals surface area contributed by atoms with Gasteiger partial charge in [-0.1, -0.05) is 20.8 Å². The van der Waals surface area contributed by atoms with E-state index in [0.717, 1.165) is 6.54 Å². The monoisotopic (exact) mass is 285 g/mol. The fourth-order valence-corrected chi connectivity index (χ4v) is 5.58. The van der Waals surface area contributed by atoms with Crippen LogP contribution in [-0.4, -0.2) is 66.1 Å². The van der Waals surface area contributed by atoms with Crippen LogP contribution in [0.2, 0.25) is 0 Å². The van der Waals surface area contributed by atoms with Crippen LogP contribution in [0.3, 0.4) is 0 Å². The number of hydrogen-bond donors (Lipinski definition) is 1. The summed E-state index contributed by atoms with van der Waals surface area (Å²) in [6.45, 7) is 11.5. The van der Waals surface area contributed by atoms with Crippen LogP contribution in [0.15, 0.2) is 0 Å². The highest BCUT2D eigenvalue weighted by molar-refractivity contribution is 7.99. The van der Waals surface area contributed by atoms with Crippen molar-refractivity contribution in [2.75, 3.05) is 44.7 Å². The largest absolute Gasteiger partial charge is 0.329 e. The minimum atomic E-state index is 0.199. The van der Waals surface area contributed by atoms with E-state index in [4.69, 9.17) is 5.73 Å². The Morgan fingerprint density at radius 1 is 1.32 bits per heavy atom. The van der Waals surface area contributed by atoms with Gasteiger partial charge >= 0.3 is 0 Å². The SMILES string of the molecule is CCC1CN(C2(CN)CSCCC2(C)C)CCN1C. The lowest BCUT2D eigenvalue weighted by Gasteiger charge is -2.58. The van der Waals surface area contributed by atoms with E-state index in [1.165, 1.54) is 44.0 Å². The minimum absolute atomic E-state index is 0.199. The normalized spacial score (nSPS) is 37.4. The second-order valence-electron chi connectivity index (χ2n) is 6.91. The molecule has 0 aromatic carbocycles. The number of piperazine rings is 1. The smallest absolute Gasteiger partial charge is 0.0474 e. The summed E-state index contributed by atoms with van der Waals surface area (Å²) >= 11 is 2.10. The van der Waals surface area contributed by atoms with E-state index in [2.05, 4.69) is 49.4 Å². The van der Waals surface area contributed by atoms with Gasteiger partial charge in [-0.15, -0.1) is 0 Å². The van der Waals surface area contributed by atoms with Crippen LogP contribution in [0.4, 0.5) is 0 Å². The molecule has 0 radical (unpaired) electrons. The summed E-state index contributed by atoms with van der Waals surface area (Å²) in [4.78, 5) is 5.25. The zero-order valence-corrected chi connectivity index (χ0v) is 13.9. The average Bonchev–Trinajstić information content (AvgIpc) is 2.39. The Kier molecular flexibility index (Phi) is 4.87. The van der Waals surface area contributed by atoms with Gasteiger partial charge in [-0.3, -0.25) is 4.90 Å². The van der Waals surface area contributed by atoms with E-state index >= 15 is 0 Å². The number of hydrogen-bond acceptors (Lipinski definition) is 4. The molecule has 2 aliphatic rings.